The van der Waals surface area contributed by atoms with Crippen LogP contribution in [0, 0.1) is 12.8 Å². The number of aliphatic imine (C=N–C) groups is 1. The lowest BCUT2D eigenvalue weighted by Crippen LogP contribution is -2.46. The van der Waals surface area contributed by atoms with Crippen LogP contribution in [0.2, 0.25) is 0 Å². The van der Waals surface area contributed by atoms with Crippen LogP contribution < -0.4 is 5.32 Å². The minimum absolute atomic E-state index is 0.00864. The summed E-state index contributed by atoms with van der Waals surface area (Å²) in [7, 11) is 1.46. The first kappa shape index (κ1) is 21.3. The van der Waals surface area contributed by atoms with Gasteiger partial charge < -0.3 is 15.0 Å². The van der Waals surface area contributed by atoms with Crippen LogP contribution in [-0.2, 0) is 16.0 Å². The van der Waals surface area contributed by atoms with Gasteiger partial charge in [-0.15, -0.1) is 11.3 Å². The number of nitrogens with zero attached hydrogens (tertiary/aromatic N) is 3. The Morgan fingerprint density at radius 1 is 1.31 bits per heavy atom. The van der Waals surface area contributed by atoms with Crippen molar-refractivity contribution in [3.05, 3.63) is 40.9 Å². The molecule has 0 aliphatic carbocycles. The third-order valence-corrected chi connectivity index (χ3v) is 6.08. The first-order valence-corrected chi connectivity index (χ1v) is 11.1. The molecule has 0 amide bonds. The first-order chi connectivity index (χ1) is 14.1. The van der Waals surface area contributed by atoms with E-state index in [1.54, 1.807) is 11.3 Å². The zero-order chi connectivity index (χ0) is 20.6. The Morgan fingerprint density at radius 2 is 2.03 bits per heavy atom. The van der Waals surface area contributed by atoms with Crippen molar-refractivity contribution < 1.29 is 9.53 Å². The summed E-state index contributed by atoms with van der Waals surface area (Å²) in [4.78, 5) is 23.5. The van der Waals surface area contributed by atoms with Gasteiger partial charge in [0.25, 0.3) is 0 Å². The SMILES string of the molecule is CCNC(=NCCc1csc(-c2ccc(C)cc2)n1)N1CCC(C(=O)OC)CC1. The summed E-state index contributed by atoms with van der Waals surface area (Å²) in [6, 6.07) is 8.48. The Kier molecular flexibility index (Phi) is 7.63. The number of thiazole rings is 1. The molecule has 2 aromatic rings. The van der Waals surface area contributed by atoms with Crippen LogP contribution in [0.25, 0.3) is 10.6 Å². The molecule has 1 N–H and O–H groups in total. The predicted molar refractivity (Wildman–Crippen MR) is 118 cm³/mol. The Hall–Kier alpha value is -2.41. The number of nitrogens with one attached hydrogen (secondary N) is 1. The monoisotopic (exact) mass is 414 g/mol. The number of esters is 1. The fraction of sp³-hybridized carbons (Fsp3) is 0.500. The third-order valence-electron chi connectivity index (χ3n) is 5.14. The van der Waals surface area contributed by atoms with Crippen molar-refractivity contribution in [2.24, 2.45) is 10.9 Å². The average molecular weight is 415 g/mol. The van der Waals surface area contributed by atoms with E-state index in [0.717, 1.165) is 61.1 Å². The minimum Gasteiger partial charge on any atom is -0.469 e. The van der Waals surface area contributed by atoms with Crippen molar-refractivity contribution in [2.75, 3.05) is 33.3 Å². The molecular formula is C22H30N4O2S. The van der Waals surface area contributed by atoms with Crippen LogP contribution in [0.4, 0.5) is 0 Å². The van der Waals surface area contributed by atoms with Crippen molar-refractivity contribution in [3.63, 3.8) is 0 Å². The molecule has 0 saturated carbocycles. The summed E-state index contributed by atoms with van der Waals surface area (Å²) in [6.07, 6.45) is 2.43. The second-order valence-corrected chi connectivity index (χ2v) is 8.14. The van der Waals surface area contributed by atoms with Gasteiger partial charge in [0, 0.05) is 43.5 Å². The lowest BCUT2D eigenvalue weighted by molar-refractivity contribution is -0.146. The van der Waals surface area contributed by atoms with Gasteiger partial charge in [0.2, 0.25) is 0 Å². The molecule has 156 valence electrons. The zero-order valence-corrected chi connectivity index (χ0v) is 18.3. The number of aromatic nitrogens is 1. The third kappa shape index (κ3) is 5.79. The van der Waals surface area contributed by atoms with Crippen LogP contribution in [0.5, 0.6) is 0 Å². The lowest BCUT2D eigenvalue weighted by atomic mass is 9.97. The molecule has 7 heteroatoms. The summed E-state index contributed by atoms with van der Waals surface area (Å²) in [6.45, 7) is 7.32. The summed E-state index contributed by atoms with van der Waals surface area (Å²) >= 11 is 1.68. The predicted octanol–water partition coefficient (Wildman–Crippen LogP) is 3.51. The second-order valence-electron chi connectivity index (χ2n) is 7.28. The van der Waals surface area contributed by atoms with E-state index in [0.29, 0.717) is 6.54 Å². The number of hydrogen-bond donors (Lipinski definition) is 1. The molecule has 0 bridgehead atoms. The molecule has 1 aliphatic rings. The molecule has 1 aromatic heterocycles. The fourth-order valence-corrected chi connectivity index (χ4v) is 4.31. The van der Waals surface area contributed by atoms with Crippen LogP contribution in [0.3, 0.4) is 0 Å². The van der Waals surface area contributed by atoms with E-state index in [9.17, 15) is 4.79 Å². The Labute approximate surface area is 177 Å². The van der Waals surface area contributed by atoms with Gasteiger partial charge >= 0.3 is 5.97 Å². The number of rotatable bonds is 6. The van der Waals surface area contributed by atoms with Crippen LogP contribution in [0.1, 0.15) is 31.0 Å². The number of aryl methyl sites for hydroxylation is 1. The van der Waals surface area contributed by atoms with Gasteiger partial charge in [-0.25, -0.2) is 4.98 Å². The van der Waals surface area contributed by atoms with Gasteiger partial charge in [-0.05, 0) is 26.7 Å². The minimum atomic E-state index is -0.0977. The molecule has 1 aromatic carbocycles. The van der Waals surface area contributed by atoms with E-state index in [2.05, 4.69) is 53.7 Å². The number of benzene rings is 1. The summed E-state index contributed by atoms with van der Waals surface area (Å²) in [5, 5.41) is 6.56. The topological polar surface area (TPSA) is 66.8 Å². The number of carbonyl (C=O) groups is 1. The zero-order valence-electron chi connectivity index (χ0n) is 17.5. The summed E-state index contributed by atoms with van der Waals surface area (Å²) < 4.78 is 4.88. The van der Waals surface area contributed by atoms with E-state index in [4.69, 9.17) is 14.7 Å². The molecule has 0 unspecified atom stereocenters. The van der Waals surface area contributed by atoms with Crippen LogP contribution >= 0.6 is 11.3 Å². The van der Waals surface area contributed by atoms with E-state index in [1.165, 1.54) is 12.7 Å². The van der Waals surface area contributed by atoms with Crippen molar-refractivity contribution in [3.8, 4) is 10.6 Å². The number of carbonyl (C=O) groups excluding carboxylic acids is 1. The Balaban J connectivity index is 1.56. The summed E-state index contributed by atoms with van der Waals surface area (Å²) in [5.41, 5.74) is 3.50. The highest BCUT2D eigenvalue weighted by Gasteiger charge is 2.26. The van der Waals surface area contributed by atoms with Gasteiger partial charge in [-0.1, -0.05) is 29.8 Å². The molecule has 0 spiro atoms. The summed E-state index contributed by atoms with van der Waals surface area (Å²) in [5.74, 6) is 0.832. The largest absolute Gasteiger partial charge is 0.469 e. The van der Waals surface area contributed by atoms with Crippen LogP contribution in [0.15, 0.2) is 34.6 Å². The first-order valence-electron chi connectivity index (χ1n) is 10.2. The quantitative estimate of drug-likeness (QED) is 0.445. The maximum absolute atomic E-state index is 11.7. The van der Waals surface area contributed by atoms with Gasteiger partial charge in [0.1, 0.15) is 5.01 Å². The highest BCUT2D eigenvalue weighted by atomic mass is 32.1. The molecule has 6 nitrogen and oxygen atoms in total. The molecule has 29 heavy (non-hydrogen) atoms. The highest BCUT2D eigenvalue weighted by Crippen LogP contribution is 2.24. The molecule has 3 rings (SSSR count). The molecule has 1 aliphatic heterocycles. The number of ether oxygens (including phenoxy) is 1. The molecule has 0 atom stereocenters. The molecule has 1 saturated heterocycles. The normalized spacial score (nSPS) is 15.4. The second kappa shape index (κ2) is 10.4. The van der Waals surface area contributed by atoms with E-state index in [1.807, 2.05) is 0 Å². The number of guanidine groups is 1. The van der Waals surface area contributed by atoms with Crippen molar-refractivity contribution in [2.45, 2.75) is 33.1 Å². The standard InChI is InChI=1S/C22H30N4O2S/c1-4-23-22(26-13-10-18(11-14-26)21(27)28-3)24-12-9-19-15-29-20(25-19)17-7-5-16(2)6-8-17/h5-8,15,18H,4,9-14H2,1-3H3,(H,23,24). The fourth-order valence-electron chi connectivity index (χ4n) is 3.45. The van der Waals surface area contributed by atoms with Gasteiger partial charge in [0.05, 0.1) is 18.7 Å². The number of hydrogen-bond acceptors (Lipinski definition) is 5. The number of methoxy groups -OCH3 is 1. The smallest absolute Gasteiger partial charge is 0.308 e. The highest BCUT2D eigenvalue weighted by molar-refractivity contribution is 7.13. The Morgan fingerprint density at radius 3 is 2.69 bits per heavy atom. The molecule has 2 heterocycles. The van der Waals surface area contributed by atoms with Crippen molar-refractivity contribution in [1.82, 2.24) is 15.2 Å². The van der Waals surface area contributed by atoms with E-state index in [-0.39, 0.29) is 11.9 Å². The van der Waals surface area contributed by atoms with Crippen molar-refractivity contribution in [1.29, 1.82) is 0 Å². The number of piperidine rings is 1. The maximum Gasteiger partial charge on any atom is 0.308 e. The van der Waals surface area contributed by atoms with E-state index < -0.39 is 0 Å². The maximum atomic E-state index is 11.7. The molecule has 0 radical (unpaired) electrons. The van der Waals surface area contributed by atoms with Gasteiger partial charge in [-0.3, -0.25) is 9.79 Å². The van der Waals surface area contributed by atoms with E-state index >= 15 is 0 Å². The number of likely N-dealkylation sites (tertiary alicyclic amines) is 1. The average Bonchev–Trinajstić information content (AvgIpc) is 3.22. The van der Waals surface area contributed by atoms with Crippen LogP contribution in [-0.4, -0.2) is 55.1 Å². The molecule has 1 fully saturated rings. The Bertz CT molecular complexity index is 824. The lowest BCUT2D eigenvalue weighted by Gasteiger charge is -2.33. The molecular weight excluding hydrogens is 384 g/mol. The van der Waals surface area contributed by atoms with Gasteiger partial charge in [0.15, 0.2) is 5.96 Å². The van der Waals surface area contributed by atoms with Crippen molar-refractivity contribution >= 4 is 23.3 Å². The van der Waals surface area contributed by atoms with Gasteiger partial charge in [-0.2, -0.15) is 0 Å².